The molecule has 2 rings (SSSR count). The highest BCUT2D eigenvalue weighted by atomic mass is 19.1. The van der Waals surface area contributed by atoms with Crippen molar-refractivity contribution in [2.45, 2.75) is 26.4 Å². The standard InChI is InChI=1S/C14H18FNO2/c1-2-14(7-8-16-10-14)13(17)18-9-11-5-3-4-6-12(11)15/h3-6,16H,2,7-10H2,1H3. The summed E-state index contributed by atoms with van der Waals surface area (Å²) < 4.78 is 18.7. The third kappa shape index (κ3) is 2.53. The Morgan fingerprint density at radius 2 is 2.28 bits per heavy atom. The molecule has 1 atom stereocenters. The number of benzene rings is 1. The topological polar surface area (TPSA) is 38.3 Å². The van der Waals surface area contributed by atoms with E-state index in [9.17, 15) is 9.18 Å². The molecule has 3 nitrogen and oxygen atoms in total. The first-order valence-corrected chi connectivity index (χ1v) is 6.29. The number of rotatable bonds is 4. The van der Waals surface area contributed by atoms with Crippen LogP contribution in [0.4, 0.5) is 4.39 Å². The van der Waals surface area contributed by atoms with Gasteiger partial charge in [-0.25, -0.2) is 4.39 Å². The van der Waals surface area contributed by atoms with Gasteiger partial charge in [-0.1, -0.05) is 25.1 Å². The molecule has 0 radical (unpaired) electrons. The van der Waals surface area contributed by atoms with Gasteiger partial charge in [-0.3, -0.25) is 4.79 Å². The van der Waals surface area contributed by atoms with Crippen LogP contribution < -0.4 is 5.32 Å². The Morgan fingerprint density at radius 3 is 2.89 bits per heavy atom. The van der Waals surface area contributed by atoms with Crippen LogP contribution in [0.1, 0.15) is 25.3 Å². The fraction of sp³-hybridized carbons (Fsp3) is 0.500. The number of carbonyl (C=O) groups excluding carboxylic acids is 1. The van der Waals surface area contributed by atoms with Crippen molar-refractivity contribution in [1.29, 1.82) is 0 Å². The largest absolute Gasteiger partial charge is 0.460 e. The molecule has 1 aromatic rings. The highest BCUT2D eigenvalue weighted by Crippen LogP contribution is 2.31. The maximum Gasteiger partial charge on any atom is 0.313 e. The predicted molar refractivity (Wildman–Crippen MR) is 66.4 cm³/mol. The van der Waals surface area contributed by atoms with Crippen LogP contribution in [0.5, 0.6) is 0 Å². The molecule has 1 aromatic carbocycles. The van der Waals surface area contributed by atoms with Crippen molar-refractivity contribution in [2.75, 3.05) is 13.1 Å². The maximum absolute atomic E-state index is 13.4. The average Bonchev–Trinajstić information content (AvgIpc) is 2.87. The Morgan fingerprint density at radius 1 is 1.50 bits per heavy atom. The summed E-state index contributed by atoms with van der Waals surface area (Å²) in [5, 5.41) is 3.18. The molecule has 0 spiro atoms. The van der Waals surface area contributed by atoms with Crippen molar-refractivity contribution in [3.8, 4) is 0 Å². The van der Waals surface area contributed by atoms with E-state index in [1.54, 1.807) is 18.2 Å². The minimum atomic E-state index is -0.425. The molecule has 1 heterocycles. The van der Waals surface area contributed by atoms with Crippen LogP contribution in [0.2, 0.25) is 0 Å². The SMILES string of the molecule is CCC1(C(=O)OCc2ccccc2F)CCNC1. The van der Waals surface area contributed by atoms with Gasteiger partial charge in [0.25, 0.3) is 0 Å². The van der Waals surface area contributed by atoms with Gasteiger partial charge >= 0.3 is 5.97 Å². The van der Waals surface area contributed by atoms with Crippen LogP contribution in [0.25, 0.3) is 0 Å². The van der Waals surface area contributed by atoms with E-state index in [4.69, 9.17) is 4.74 Å². The second kappa shape index (κ2) is 5.48. The summed E-state index contributed by atoms with van der Waals surface area (Å²) >= 11 is 0. The molecular weight excluding hydrogens is 233 g/mol. The van der Waals surface area contributed by atoms with Crippen molar-refractivity contribution < 1.29 is 13.9 Å². The van der Waals surface area contributed by atoms with Crippen LogP contribution in [-0.4, -0.2) is 19.1 Å². The number of halogens is 1. The number of nitrogens with one attached hydrogen (secondary N) is 1. The van der Waals surface area contributed by atoms with Gasteiger partial charge in [0.1, 0.15) is 12.4 Å². The first-order chi connectivity index (χ1) is 8.68. The molecule has 0 amide bonds. The number of carbonyl (C=O) groups is 1. The second-order valence-corrected chi connectivity index (χ2v) is 4.73. The third-order valence-corrected chi connectivity index (χ3v) is 3.67. The molecule has 1 N–H and O–H groups in total. The average molecular weight is 251 g/mol. The first-order valence-electron chi connectivity index (χ1n) is 6.29. The molecular formula is C14H18FNO2. The molecule has 4 heteroatoms. The molecule has 98 valence electrons. The van der Waals surface area contributed by atoms with Gasteiger partial charge < -0.3 is 10.1 Å². The lowest BCUT2D eigenvalue weighted by Gasteiger charge is -2.24. The molecule has 1 aliphatic rings. The highest BCUT2D eigenvalue weighted by molar-refractivity contribution is 5.77. The van der Waals surface area contributed by atoms with E-state index in [2.05, 4.69) is 5.32 Å². The molecule has 0 aliphatic carbocycles. The van der Waals surface area contributed by atoms with E-state index in [-0.39, 0.29) is 18.4 Å². The Balaban J connectivity index is 1.98. The van der Waals surface area contributed by atoms with Crippen molar-refractivity contribution in [3.05, 3.63) is 35.6 Å². The monoisotopic (exact) mass is 251 g/mol. The van der Waals surface area contributed by atoms with Crippen LogP contribution in [0.15, 0.2) is 24.3 Å². The molecule has 18 heavy (non-hydrogen) atoms. The van der Waals surface area contributed by atoms with Gasteiger partial charge in [0.05, 0.1) is 5.41 Å². The summed E-state index contributed by atoms with van der Waals surface area (Å²) in [6.45, 7) is 3.48. The molecule has 0 aromatic heterocycles. The number of ether oxygens (including phenoxy) is 1. The van der Waals surface area contributed by atoms with Crippen LogP contribution in [0, 0.1) is 11.2 Å². The summed E-state index contributed by atoms with van der Waals surface area (Å²) in [4.78, 5) is 12.1. The molecule has 0 saturated carbocycles. The molecule has 0 bridgehead atoms. The van der Waals surface area contributed by atoms with E-state index in [1.807, 2.05) is 6.92 Å². The lowest BCUT2D eigenvalue weighted by molar-refractivity contribution is -0.156. The summed E-state index contributed by atoms with van der Waals surface area (Å²) in [6.07, 6.45) is 1.54. The zero-order valence-corrected chi connectivity index (χ0v) is 10.5. The van der Waals surface area contributed by atoms with Gasteiger partial charge in [-0.15, -0.1) is 0 Å². The number of hydrogen-bond acceptors (Lipinski definition) is 3. The van der Waals surface area contributed by atoms with Gasteiger partial charge in [-0.2, -0.15) is 0 Å². The van der Waals surface area contributed by atoms with E-state index < -0.39 is 5.41 Å². The lowest BCUT2D eigenvalue weighted by atomic mass is 9.84. The molecule has 1 saturated heterocycles. The smallest absolute Gasteiger partial charge is 0.313 e. The number of esters is 1. The normalized spacial score (nSPS) is 23.0. The minimum Gasteiger partial charge on any atom is -0.460 e. The number of hydrogen-bond donors (Lipinski definition) is 1. The summed E-state index contributed by atoms with van der Waals surface area (Å²) in [7, 11) is 0. The van der Waals surface area contributed by atoms with E-state index in [0.717, 1.165) is 19.4 Å². The van der Waals surface area contributed by atoms with Gasteiger partial charge in [-0.05, 0) is 25.5 Å². The van der Waals surface area contributed by atoms with Crippen molar-refractivity contribution in [1.82, 2.24) is 5.32 Å². The molecule has 1 aliphatic heterocycles. The van der Waals surface area contributed by atoms with Gasteiger partial charge in [0.2, 0.25) is 0 Å². The quantitative estimate of drug-likeness (QED) is 0.834. The summed E-state index contributed by atoms with van der Waals surface area (Å²) in [5.74, 6) is -0.557. The highest BCUT2D eigenvalue weighted by Gasteiger charge is 2.40. The van der Waals surface area contributed by atoms with Gasteiger partial charge in [0.15, 0.2) is 0 Å². The zero-order chi connectivity index (χ0) is 13.0. The fourth-order valence-electron chi connectivity index (χ4n) is 2.28. The third-order valence-electron chi connectivity index (χ3n) is 3.67. The van der Waals surface area contributed by atoms with Crippen LogP contribution in [-0.2, 0) is 16.1 Å². The van der Waals surface area contributed by atoms with Crippen molar-refractivity contribution in [3.63, 3.8) is 0 Å². The predicted octanol–water partition coefficient (Wildman–Crippen LogP) is 2.26. The van der Waals surface area contributed by atoms with E-state index >= 15 is 0 Å². The first kappa shape index (κ1) is 13.0. The Kier molecular flexibility index (Phi) is 3.97. The Hall–Kier alpha value is -1.42. The Bertz CT molecular complexity index is 428. The van der Waals surface area contributed by atoms with Crippen LogP contribution in [0.3, 0.4) is 0 Å². The zero-order valence-electron chi connectivity index (χ0n) is 10.5. The lowest BCUT2D eigenvalue weighted by Crippen LogP contribution is -2.34. The van der Waals surface area contributed by atoms with E-state index in [0.29, 0.717) is 12.1 Å². The van der Waals surface area contributed by atoms with E-state index in [1.165, 1.54) is 6.07 Å². The fourth-order valence-corrected chi connectivity index (χ4v) is 2.28. The summed E-state index contributed by atoms with van der Waals surface area (Å²) in [6, 6.07) is 6.36. The Labute approximate surface area is 106 Å². The van der Waals surface area contributed by atoms with Crippen molar-refractivity contribution >= 4 is 5.97 Å². The molecule has 1 unspecified atom stereocenters. The minimum absolute atomic E-state index is 0.00720. The summed E-state index contributed by atoms with van der Waals surface area (Å²) in [5.41, 5.74) is -0.00584. The maximum atomic E-state index is 13.4. The van der Waals surface area contributed by atoms with Crippen LogP contribution >= 0.6 is 0 Å². The second-order valence-electron chi connectivity index (χ2n) is 4.73. The van der Waals surface area contributed by atoms with Crippen molar-refractivity contribution in [2.24, 2.45) is 5.41 Å². The van der Waals surface area contributed by atoms with Gasteiger partial charge in [0, 0.05) is 12.1 Å². The molecule has 1 fully saturated rings.